The number of benzene rings is 2. The van der Waals surface area contributed by atoms with Gasteiger partial charge >= 0.3 is 0 Å². The zero-order valence-corrected chi connectivity index (χ0v) is 16.5. The van der Waals surface area contributed by atoms with Crippen molar-refractivity contribution in [2.45, 2.75) is 25.3 Å². The summed E-state index contributed by atoms with van der Waals surface area (Å²) in [5.74, 6) is 1.16. The SMILES string of the molecule is Cn1c(=O)c(CNCC(c2ccccc2)C2CCNCC2)cc2ccccc21. The topological polar surface area (TPSA) is 46.1 Å². The van der Waals surface area contributed by atoms with Crippen LogP contribution in [-0.4, -0.2) is 24.2 Å². The molecule has 0 aliphatic carbocycles. The van der Waals surface area contributed by atoms with Crippen molar-refractivity contribution in [2.24, 2.45) is 13.0 Å². The van der Waals surface area contributed by atoms with Gasteiger partial charge in [-0.25, -0.2) is 0 Å². The predicted octanol–water partition coefficient (Wildman–Crippen LogP) is 3.41. The zero-order chi connectivity index (χ0) is 19.3. The van der Waals surface area contributed by atoms with Gasteiger partial charge in [0.05, 0.1) is 5.52 Å². The standard InChI is InChI=1S/C24H29N3O/c1-27-23-10-6-5-9-20(23)15-21(24(27)28)16-26-17-22(18-7-3-2-4-8-18)19-11-13-25-14-12-19/h2-10,15,19,22,25-26H,11-14,16-17H2,1H3. The number of aromatic nitrogens is 1. The van der Waals surface area contributed by atoms with Crippen LogP contribution in [0.15, 0.2) is 65.5 Å². The van der Waals surface area contributed by atoms with E-state index in [1.807, 2.05) is 31.3 Å². The number of rotatable bonds is 6. The van der Waals surface area contributed by atoms with Crippen LogP contribution in [0.1, 0.15) is 29.9 Å². The molecule has 28 heavy (non-hydrogen) atoms. The highest BCUT2D eigenvalue weighted by Crippen LogP contribution is 2.30. The van der Waals surface area contributed by atoms with Gasteiger partial charge in [0.25, 0.3) is 5.56 Å². The molecule has 1 fully saturated rings. The Kier molecular flexibility index (Phi) is 5.89. The number of fused-ring (bicyclic) bond motifs is 1. The minimum atomic E-state index is 0.0873. The van der Waals surface area contributed by atoms with Crippen LogP contribution < -0.4 is 16.2 Å². The minimum Gasteiger partial charge on any atom is -0.317 e. The summed E-state index contributed by atoms with van der Waals surface area (Å²) in [6.45, 7) is 3.69. The zero-order valence-electron chi connectivity index (χ0n) is 16.5. The fraction of sp³-hybridized carbons (Fsp3) is 0.375. The molecule has 0 spiro atoms. The lowest BCUT2D eigenvalue weighted by molar-refractivity contribution is 0.309. The van der Waals surface area contributed by atoms with Crippen molar-refractivity contribution < 1.29 is 0 Å². The molecule has 0 saturated carbocycles. The molecule has 4 heteroatoms. The van der Waals surface area contributed by atoms with Crippen LogP contribution in [0.2, 0.25) is 0 Å². The summed E-state index contributed by atoms with van der Waals surface area (Å²) in [5, 5.41) is 8.18. The molecule has 1 aromatic heterocycles. The third kappa shape index (κ3) is 4.03. The Morgan fingerprint density at radius 2 is 1.79 bits per heavy atom. The number of aryl methyl sites for hydroxylation is 1. The molecule has 146 valence electrons. The van der Waals surface area contributed by atoms with Gasteiger partial charge in [0, 0.05) is 25.7 Å². The Hall–Kier alpha value is -2.43. The van der Waals surface area contributed by atoms with Gasteiger partial charge in [0.2, 0.25) is 0 Å². The van der Waals surface area contributed by atoms with Crippen LogP contribution in [0.3, 0.4) is 0 Å². The lowest BCUT2D eigenvalue weighted by Gasteiger charge is -2.31. The van der Waals surface area contributed by atoms with Crippen molar-refractivity contribution in [3.8, 4) is 0 Å². The van der Waals surface area contributed by atoms with Crippen molar-refractivity contribution >= 4 is 10.9 Å². The number of nitrogens with one attached hydrogen (secondary N) is 2. The molecule has 1 saturated heterocycles. The lowest BCUT2D eigenvalue weighted by atomic mass is 9.80. The molecule has 1 aliphatic rings. The van der Waals surface area contributed by atoms with Crippen LogP contribution in [-0.2, 0) is 13.6 Å². The number of para-hydroxylation sites is 1. The summed E-state index contributed by atoms with van der Waals surface area (Å²) >= 11 is 0. The van der Waals surface area contributed by atoms with E-state index in [9.17, 15) is 4.79 Å². The molecule has 0 radical (unpaired) electrons. The van der Waals surface area contributed by atoms with Crippen LogP contribution in [0.5, 0.6) is 0 Å². The molecule has 3 aromatic rings. The van der Waals surface area contributed by atoms with Crippen molar-refractivity contribution in [3.63, 3.8) is 0 Å². The summed E-state index contributed by atoms with van der Waals surface area (Å²) in [6, 6.07) is 20.9. The second-order valence-electron chi connectivity index (χ2n) is 7.83. The maximum absolute atomic E-state index is 12.7. The molecule has 2 aromatic carbocycles. The van der Waals surface area contributed by atoms with Crippen molar-refractivity contribution in [1.82, 2.24) is 15.2 Å². The van der Waals surface area contributed by atoms with E-state index >= 15 is 0 Å². The highest BCUT2D eigenvalue weighted by Gasteiger charge is 2.24. The highest BCUT2D eigenvalue weighted by molar-refractivity contribution is 5.79. The van der Waals surface area contributed by atoms with Crippen LogP contribution >= 0.6 is 0 Å². The van der Waals surface area contributed by atoms with Gasteiger partial charge in [0.15, 0.2) is 0 Å². The van der Waals surface area contributed by atoms with Gasteiger partial charge in [-0.05, 0) is 60.8 Å². The van der Waals surface area contributed by atoms with E-state index in [0.29, 0.717) is 18.4 Å². The molecule has 1 aliphatic heterocycles. The van der Waals surface area contributed by atoms with Crippen LogP contribution in [0.25, 0.3) is 10.9 Å². The summed E-state index contributed by atoms with van der Waals surface area (Å²) in [5.41, 5.74) is 3.30. The molecular formula is C24H29N3O. The summed E-state index contributed by atoms with van der Waals surface area (Å²) < 4.78 is 1.76. The number of hydrogen-bond acceptors (Lipinski definition) is 3. The molecule has 0 amide bonds. The van der Waals surface area contributed by atoms with E-state index in [1.165, 1.54) is 18.4 Å². The first-order chi connectivity index (χ1) is 13.7. The Labute approximate surface area is 166 Å². The molecule has 2 N–H and O–H groups in total. The van der Waals surface area contributed by atoms with Gasteiger partial charge in [-0.1, -0.05) is 48.5 Å². The fourth-order valence-corrected chi connectivity index (χ4v) is 4.48. The summed E-state index contributed by atoms with van der Waals surface area (Å²) in [6.07, 6.45) is 2.41. The van der Waals surface area contributed by atoms with Crippen molar-refractivity contribution in [3.05, 3.63) is 82.1 Å². The Bertz CT molecular complexity index is 974. The number of nitrogens with zero attached hydrogens (tertiary/aromatic N) is 1. The van der Waals surface area contributed by atoms with E-state index in [2.05, 4.69) is 47.0 Å². The maximum atomic E-state index is 12.7. The number of hydrogen-bond donors (Lipinski definition) is 2. The van der Waals surface area contributed by atoms with E-state index in [-0.39, 0.29) is 5.56 Å². The molecule has 4 rings (SSSR count). The Balaban J connectivity index is 1.51. The fourth-order valence-electron chi connectivity index (χ4n) is 4.48. The predicted molar refractivity (Wildman–Crippen MR) is 116 cm³/mol. The summed E-state index contributed by atoms with van der Waals surface area (Å²) in [7, 11) is 1.86. The first-order valence-corrected chi connectivity index (χ1v) is 10.3. The second-order valence-corrected chi connectivity index (χ2v) is 7.83. The lowest BCUT2D eigenvalue weighted by Crippen LogP contribution is -2.35. The molecule has 1 unspecified atom stereocenters. The van der Waals surface area contributed by atoms with Gasteiger partial charge < -0.3 is 15.2 Å². The van der Waals surface area contributed by atoms with E-state index in [0.717, 1.165) is 36.1 Å². The molecule has 2 heterocycles. The Morgan fingerprint density at radius 1 is 1.07 bits per heavy atom. The number of pyridine rings is 1. The van der Waals surface area contributed by atoms with Crippen molar-refractivity contribution in [1.29, 1.82) is 0 Å². The average molecular weight is 376 g/mol. The minimum absolute atomic E-state index is 0.0873. The average Bonchev–Trinajstić information content (AvgIpc) is 2.76. The van der Waals surface area contributed by atoms with E-state index in [1.54, 1.807) is 4.57 Å². The van der Waals surface area contributed by atoms with E-state index < -0.39 is 0 Å². The van der Waals surface area contributed by atoms with Gasteiger partial charge in [-0.15, -0.1) is 0 Å². The third-order valence-electron chi connectivity index (χ3n) is 6.07. The maximum Gasteiger partial charge on any atom is 0.255 e. The molecule has 4 nitrogen and oxygen atoms in total. The van der Waals surface area contributed by atoms with Crippen LogP contribution in [0, 0.1) is 5.92 Å². The Morgan fingerprint density at radius 3 is 2.57 bits per heavy atom. The second kappa shape index (κ2) is 8.72. The van der Waals surface area contributed by atoms with Gasteiger partial charge in [-0.2, -0.15) is 0 Å². The molecule has 1 atom stereocenters. The highest BCUT2D eigenvalue weighted by atomic mass is 16.1. The largest absolute Gasteiger partial charge is 0.317 e. The normalized spacial score (nSPS) is 16.3. The molecule has 0 bridgehead atoms. The number of piperidine rings is 1. The van der Waals surface area contributed by atoms with Crippen molar-refractivity contribution in [2.75, 3.05) is 19.6 Å². The quantitative estimate of drug-likeness (QED) is 0.694. The van der Waals surface area contributed by atoms with Crippen LogP contribution in [0.4, 0.5) is 0 Å². The third-order valence-corrected chi connectivity index (χ3v) is 6.07. The van der Waals surface area contributed by atoms with Gasteiger partial charge in [0.1, 0.15) is 0 Å². The first kappa shape index (κ1) is 18.9. The van der Waals surface area contributed by atoms with E-state index in [4.69, 9.17) is 0 Å². The summed E-state index contributed by atoms with van der Waals surface area (Å²) in [4.78, 5) is 12.7. The van der Waals surface area contributed by atoms with Gasteiger partial charge in [-0.3, -0.25) is 4.79 Å². The molecular weight excluding hydrogens is 346 g/mol. The smallest absolute Gasteiger partial charge is 0.255 e. The monoisotopic (exact) mass is 375 g/mol. The first-order valence-electron chi connectivity index (χ1n) is 10.3.